The Morgan fingerprint density at radius 1 is 1.15 bits per heavy atom. The average Bonchev–Trinajstić information content (AvgIpc) is 2.36. The Balaban J connectivity index is 1.94. The van der Waals surface area contributed by atoms with E-state index in [-0.39, 0.29) is 0 Å². The molecule has 2 aliphatic rings. The molecule has 0 aromatic heterocycles. The van der Waals surface area contributed by atoms with Gasteiger partial charge in [0.1, 0.15) is 0 Å². The van der Waals surface area contributed by atoms with E-state index in [1.165, 1.54) is 32.1 Å². The maximum Gasteiger partial charge on any atom is 0.237 e. The zero-order valence-electron chi connectivity index (χ0n) is 13.4. The van der Waals surface area contributed by atoms with E-state index >= 15 is 0 Å². The fraction of sp³-hybridized carbons (Fsp3) is 0.938. The lowest BCUT2D eigenvalue weighted by molar-refractivity contribution is -0.138. The molecule has 1 N–H and O–H groups in total. The summed E-state index contributed by atoms with van der Waals surface area (Å²) in [4.78, 5) is 17.3. The molecule has 4 heteroatoms. The second-order valence-corrected chi connectivity index (χ2v) is 6.56. The predicted molar refractivity (Wildman–Crippen MR) is 82.8 cm³/mol. The van der Waals surface area contributed by atoms with E-state index < -0.39 is 0 Å². The summed E-state index contributed by atoms with van der Waals surface area (Å²) in [5.74, 6) is 0.334. The Morgan fingerprint density at radius 2 is 1.80 bits per heavy atom. The molecule has 20 heavy (non-hydrogen) atoms. The van der Waals surface area contributed by atoms with Gasteiger partial charge in [-0.2, -0.15) is 0 Å². The molecule has 1 aliphatic carbocycles. The third-order valence-corrected chi connectivity index (χ3v) is 4.83. The number of hydrogen-bond donors (Lipinski definition) is 1. The van der Waals surface area contributed by atoms with E-state index in [0.29, 0.717) is 30.6 Å². The largest absolute Gasteiger partial charge is 0.336 e. The molecule has 0 aromatic carbocycles. The highest BCUT2D eigenvalue weighted by Crippen LogP contribution is 2.24. The van der Waals surface area contributed by atoms with Gasteiger partial charge in [0.05, 0.1) is 6.54 Å². The second kappa shape index (κ2) is 7.41. The topological polar surface area (TPSA) is 35.6 Å². The van der Waals surface area contributed by atoms with Crippen molar-refractivity contribution in [1.29, 1.82) is 0 Å². The molecule has 0 spiro atoms. The van der Waals surface area contributed by atoms with Gasteiger partial charge in [0.25, 0.3) is 0 Å². The molecule has 1 aliphatic heterocycles. The highest BCUT2D eigenvalue weighted by atomic mass is 16.2. The van der Waals surface area contributed by atoms with Crippen molar-refractivity contribution in [2.75, 3.05) is 26.2 Å². The van der Waals surface area contributed by atoms with Gasteiger partial charge in [0.2, 0.25) is 5.91 Å². The van der Waals surface area contributed by atoms with Gasteiger partial charge >= 0.3 is 0 Å². The summed E-state index contributed by atoms with van der Waals surface area (Å²) in [7, 11) is 0. The first-order valence-electron chi connectivity index (χ1n) is 8.39. The molecule has 1 heterocycles. The summed E-state index contributed by atoms with van der Waals surface area (Å²) in [6, 6.07) is 1.36. The Morgan fingerprint density at radius 3 is 2.25 bits per heavy atom. The van der Waals surface area contributed by atoms with E-state index in [2.05, 4.69) is 35.9 Å². The Kier molecular flexibility index (Phi) is 5.85. The van der Waals surface area contributed by atoms with Crippen LogP contribution < -0.4 is 5.32 Å². The van der Waals surface area contributed by atoms with E-state index in [1.807, 2.05) is 0 Å². The molecule has 1 saturated heterocycles. The molecular formula is C16H31N3O. The monoisotopic (exact) mass is 281 g/mol. The van der Waals surface area contributed by atoms with Crippen LogP contribution in [-0.2, 0) is 4.79 Å². The Bertz CT molecular complexity index is 309. The predicted octanol–water partition coefficient (Wildman–Crippen LogP) is 1.85. The summed E-state index contributed by atoms with van der Waals surface area (Å²) < 4.78 is 0. The molecule has 2 rings (SSSR count). The van der Waals surface area contributed by atoms with Crippen molar-refractivity contribution in [3.63, 3.8) is 0 Å². The first kappa shape index (κ1) is 15.8. The van der Waals surface area contributed by atoms with Crippen LogP contribution in [-0.4, -0.2) is 60.0 Å². The van der Waals surface area contributed by atoms with Crippen molar-refractivity contribution in [3.05, 3.63) is 0 Å². The van der Waals surface area contributed by atoms with Crippen LogP contribution in [0.25, 0.3) is 0 Å². The molecule has 1 amide bonds. The Hall–Kier alpha value is -0.610. The quantitative estimate of drug-likeness (QED) is 0.807. The maximum atomic E-state index is 12.8. The van der Waals surface area contributed by atoms with Crippen molar-refractivity contribution >= 4 is 5.91 Å². The number of nitrogens with one attached hydrogen (secondary N) is 1. The Labute approximate surface area is 123 Å². The average molecular weight is 281 g/mol. The smallest absolute Gasteiger partial charge is 0.237 e. The van der Waals surface area contributed by atoms with Crippen LogP contribution >= 0.6 is 0 Å². The highest BCUT2D eigenvalue weighted by molar-refractivity contribution is 5.79. The lowest BCUT2D eigenvalue weighted by Gasteiger charge is -2.41. The van der Waals surface area contributed by atoms with Crippen molar-refractivity contribution < 1.29 is 4.79 Å². The van der Waals surface area contributed by atoms with Gasteiger partial charge in [-0.15, -0.1) is 0 Å². The summed E-state index contributed by atoms with van der Waals surface area (Å²) >= 11 is 0. The third kappa shape index (κ3) is 3.73. The van der Waals surface area contributed by atoms with Crippen LogP contribution in [0.2, 0.25) is 0 Å². The fourth-order valence-corrected chi connectivity index (χ4v) is 3.56. The number of nitrogens with zero attached hydrogens (tertiary/aromatic N) is 2. The number of hydrogen-bond acceptors (Lipinski definition) is 3. The number of carbonyl (C=O) groups is 1. The molecule has 0 aromatic rings. The van der Waals surface area contributed by atoms with Crippen LogP contribution in [0, 0.1) is 0 Å². The van der Waals surface area contributed by atoms with Gasteiger partial charge in [0.15, 0.2) is 0 Å². The zero-order chi connectivity index (χ0) is 14.5. The van der Waals surface area contributed by atoms with Gasteiger partial charge in [-0.05, 0) is 33.2 Å². The molecule has 1 saturated carbocycles. The molecule has 116 valence electrons. The van der Waals surface area contributed by atoms with Crippen LogP contribution in [0.15, 0.2) is 0 Å². The van der Waals surface area contributed by atoms with Crippen LogP contribution in [0.3, 0.4) is 0 Å². The van der Waals surface area contributed by atoms with E-state index in [4.69, 9.17) is 0 Å². The molecule has 0 bridgehead atoms. The first-order chi connectivity index (χ1) is 9.63. The lowest BCUT2D eigenvalue weighted by atomic mass is 9.93. The zero-order valence-corrected chi connectivity index (χ0v) is 13.4. The van der Waals surface area contributed by atoms with Crippen molar-refractivity contribution in [3.8, 4) is 0 Å². The van der Waals surface area contributed by atoms with E-state index in [1.54, 1.807) is 0 Å². The molecule has 2 fully saturated rings. The normalized spacial score (nSPS) is 21.2. The number of rotatable bonds is 6. The van der Waals surface area contributed by atoms with Gasteiger partial charge in [-0.3, -0.25) is 9.69 Å². The first-order valence-corrected chi connectivity index (χ1v) is 8.39. The molecular weight excluding hydrogens is 250 g/mol. The van der Waals surface area contributed by atoms with Crippen LogP contribution in [0.5, 0.6) is 0 Å². The lowest BCUT2D eigenvalue weighted by Crippen LogP contribution is -2.60. The summed E-state index contributed by atoms with van der Waals surface area (Å²) in [6.07, 6.45) is 6.30. The summed E-state index contributed by atoms with van der Waals surface area (Å²) in [5.41, 5.74) is 0. The van der Waals surface area contributed by atoms with E-state index in [0.717, 1.165) is 19.6 Å². The van der Waals surface area contributed by atoms with Crippen molar-refractivity contribution in [2.45, 2.75) is 71.0 Å². The van der Waals surface area contributed by atoms with Crippen LogP contribution in [0.4, 0.5) is 0 Å². The van der Waals surface area contributed by atoms with Gasteiger partial charge in [0, 0.05) is 31.2 Å². The number of amides is 1. The van der Waals surface area contributed by atoms with E-state index in [9.17, 15) is 4.79 Å². The minimum Gasteiger partial charge on any atom is -0.336 e. The molecule has 0 atom stereocenters. The fourth-order valence-electron chi connectivity index (χ4n) is 3.56. The minimum atomic E-state index is 0.323. The minimum absolute atomic E-state index is 0.323. The van der Waals surface area contributed by atoms with Gasteiger partial charge in [-0.1, -0.05) is 26.2 Å². The second-order valence-electron chi connectivity index (χ2n) is 6.56. The van der Waals surface area contributed by atoms with Crippen molar-refractivity contribution in [1.82, 2.24) is 15.1 Å². The van der Waals surface area contributed by atoms with Crippen LogP contribution in [0.1, 0.15) is 52.9 Å². The third-order valence-electron chi connectivity index (χ3n) is 4.83. The van der Waals surface area contributed by atoms with Gasteiger partial charge in [-0.25, -0.2) is 0 Å². The number of likely N-dealkylation sites (N-methyl/N-ethyl adjacent to an activating group) is 1. The molecule has 4 nitrogen and oxygen atoms in total. The highest BCUT2D eigenvalue weighted by Gasteiger charge is 2.31. The summed E-state index contributed by atoms with van der Waals surface area (Å²) in [6.45, 7) is 10.1. The van der Waals surface area contributed by atoms with Crippen molar-refractivity contribution in [2.24, 2.45) is 0 Å². The summed E-state index contributed by atoms with van der Waals surface area (Å²) in [5, 5.41) is 3.30. The van der Waals surface area contributed by atoms with Gasteiger partial charge < -0.3 is 10.2 Å². The molecule has 0 radical (unpaired) electrons. The maximum absolute atomic E-state index is 12.8. The molecule has 0 unspecified atom stereocenters. The number of carbonyl (C=O) groups excluding carboxylic acids is 1. The SMILES string of the molecule is CCN(CC(=O)N(C(C)C)C1CCCCC1)C1CNC1. The standard InChI is InChI=1S/C16H31N3O/c1-4-18(15-10-17-11-15)12-16(20)19(13(2)3)14-8-6-5-7-9-14/h13-15,17H,4-12H2,1-3H3.